The van der Waals surface area contributed by atoms with Gasteiger partial charge in [0.25, 0.3) is 5.91 Å². The Bertz CT molecular complexity index is 375. The summed E-state index contributed by atoms with van der Waals surface area (Å²) in [5, 5.41) is 8.95. The lowest BCUT2D eigenvalue weighted by Crippen LogP contribution is -2.41. The van der Waals surface area contributed by atoms with Crippen LogP contribution in [0.4, 0.5) is 0 Å². The summed E-state index contributed by atoms with van der Waals surface area (Å²) in [5.41, 5.74) is 0.896. The Labute approximate surface area is 93.7 Å². The summed E-state index contributed by atoms with van der Waals surface area (Å²) in [6.07, 6.45) is 0. The van der Waals surface area contributed by atoms with Gasteiger partial charge < -0.3 is 14.7 Å². The minimum Gasteiger partial charge on any atom is -0.390 e. The molecule has 5 nitrogen and oxygen atoms in total. The molecule has 0 radical (unpaired) electrons. The smallest absolute Gasteiger partial charge is 0.272 e. The van der Waals surface area contributed by atoms with Gasteiger partial charge in [-0.15, -0.1) is 0 Å². The molecule has 1 amide bonds. The number of ether oxygens (including phenoxy) is 1. The van der Waals surface area contributed by atoms with Gasteiger partial charge in [0.2, 0.25) is 0 Å². The van der Waals surface area contributed by atoms with Gasteiger partial charge in [0.15, 0.2) is 0 Å². The van der Waals surface area contributed by atoms with Gasteiger partial charge in [0.05, 0.1) is 25.5 Å². The van der Waals surface area contributed by atoms with Crippen LogP contribution < -0.4 is 0 Å². The number of rotatable bonds is 2. The summed E-state index contributed by atoms with van der Waals surface area (Å²) < 4.78 is 5.18. The Hall–Kier alpha value is -1.46. The first kappa shape index (κ1) is 11.0. The highest BCUT2D eigenvalue weighted by Gasteiger charge is 2.19. The summed E-state index contributed by atoms with van der Waals surface area (Å²) in [7, 11) is 0. The van der Waals surface area contributed by atoms with E-state index in [0.717, 1.165) is 0 Å². The van der Waals surface area contributed by atoms with E-state index in [1.54, 1.807) is 23.1 Å². The molecule has 16 heavy (non-hydrogen) atoms. The van der Waals surface area contributed by atoms with Crippen LogP contribution in [0.25, 0.3) is 0 Å². The molecule has 0 spiro atoms. The number of nitrogens with zero attached hydrogens (tertiary/aromatic N) is 2. The number of carbonyl (C=O) groups excluding carboxylic acids is 1. The molecule has 1 saturated heterocycles. The molecule has 1 aromatic heterocycles. The zero-order valence-corrected chi connectivity index (χ0v) is 8.93. The molecule has 2 rings (SSSR count). The number of pyridine rings is 1. The van der Waals surface area contributed by atoms with Crippen LogP contribution in [0.15, 0.2) is 18.2 Å². The molecule has 5 heteroatoms. The van der Waals surface area contributed by atoms with Crippen molar-refractivity contribution >= 4 is 5.91 Å². The maximum Gasteiger partial charge on any atom is 0.272 e. The van der Waals surface area contributed by atoms with Gasteiger partial charge in [-0.05, 0) is 12.1 Å². The molecule has 0 atom stereocenters. The third-order valence-corrected chi connectivity index (χ3v) is 2.49. The van der Waals surface area contributed by atoms with Crippen molar-refractivity contribution in [3.8, 4) is 0 Å². The largest absolute Gasteiger partial charge is 0.390 e. The van der Waals surface area contributed by atoms with Gasteiger partial charge in [0.1, 0.15) is 5.69 Å². The van der Waals surface area contributed by atoms with Gasteiger partial charge in [-0.1, -0.05) is 6.07 Å². The molecule has 0 unspecified atom stereocenters. The van der Waals surface area contributed by atoms with Crippen LogP contribution in [0.1, 0.15) is 16.2 Å². The lowest BCUT2D eigenvalue weighted by Gasteiger charge is -2.26. The minimum absolute atomic E-state index is 0.0985. The molecule has 1 aliphatic heterocycles. The molecule has 1 aliphatic rings. The van der Waals surface area contributed by atoms with Crippen LogP contribution in [0.2, 0.25) is 0 Å². The highest BCUT2D eigenvalue weighted by atomic mass is 16.5. The van der Waals surface area contributed by atoms with Crippen LogP contribution >= 0.6 is 0 Å². The number of amides is 1. The first-order valence-electron chi connectivity index (χ1n) is 5.25. The van der Waals surface area contributed by atoms with E-state index < -0.39 is 0 Å². The highest BCUT2D eigenvalue weighted by Crippen LogP contribution is 2.06. The zero-order chi connectivity index (χ0) is 11.4. The zero-order valence-electron chi connectivity index (χ0n) is 8.93. The quantitative estimate of drug-likeness (QED) is 0.767. The van der Waals surface area contributed by atoms with Crippen LogP contribution in [-0.2, 0) is 11.3 Å². The van der Waals surface area contributed by atoms with Crippen molar-refractivity contribution < 1.29 is 14.6 Å². The maximum atomic E-state index is 12.0. The number of hydrogen-bond acceptors (Lipinski definition) is 4. The Balaban J connectivity index is 2.12. The molecule has 1 aromatic rings. The third kappa shape index (κ3) is 2.37. The van der Waals surface area contributed by atoms with Crippen molar-refractivity contribution in [3.63, 3.8) is 0 Å². The molecule has 1 fully saturated rings. The fourth-order valence-corrected chi connectivity index (χ4v) is 1.62. The van der Waals surface area contributed by atoms with E-state index in [4.69, 9.17) is 9.84 Å². The van der Waals surface area contributed by atoms with Crippen LogP contribution in [0.5, 0.6) is 0 Å². The summed E-state index contributed by atoms with van der Waals surface area (Å²) in [6, 6.07) is 5.08. The molecule has 2 heterocycles. The van der Waals surface area contributed by atoms with Crippen molar-refractivity contribution in [2.45, 2.75) is 6.61 Å². The first-order chi connectivity index (χ1) is 7.81. The number of aliphatic hydroxyl groups excluding tert-OH is 1. The number of carbonyl (C=O) groups is 1. The molecule has 1 N–H and O–H groups in total. The van der Waals surface area contributed by atoms with Crippen LogP contribution in [-0.4, -0.2) is 47.2 Å². The van der Waals surface area contributed by atoms with E-state index in [9.17, 15) is 4.79 Å². The van der Waals surface area contributed by atoms with E-state index in [2.05, 4.69) is 4.98 Å². The summed E-state index contributed by atoms with van der Waals surface area (Å²) >= 11 is 0. The van der Waals surface area contributed by atoms with Crippen molar-refractivity contribution in [2.75, 3.05) is 26.3 Å². The van der Waals surface area contributed by atoms with Crippen molar-refractivity contribution in [1.82, 2.24) is 9.88 Å². The number of aliphatic hydroxyl groups is 1. The summed E-state index contributed by atoms with van der Waals surface area (Å²) in [5.74, 6) is -0.0985. The van der Waals surface area contributed by atoms with Gasteiger partial charge in [-0.25, -0.2) is 4.98 Å². The second-order valence-corrected chi connectivity index (χ2v) is 3.58. The average Bonchev–Trinajstić information content (AvgIpc) is 2.39. The molecule has 0 aliphatic carbocycles. The van der Waals surface area contributed by atoms with Gasteiger partial charge >= 0.3 is 0 Å². The number of hydrogen-bond donors (Lipinski definition) is 1. The van der Waals surface area contributed by atoms with Crippen LogP contribution in [0.3, 0.4) is 0 Å². The van der Waals surface area contributed by atoms with E-state index in [1.165, 1.54) is 0 Å². The Morgan fingerprint density at radius 2 is 2.19 bits per heavy atom. The second-order valence-electron chi connectivity index (χ2n) is 3.58. The molecule has 0 saturated carbocycles. The Kier molecular flexibility index (Phi) is 3.48. The standard InChI is InChI=1S/C11H14N2O3/c14-8-9-2-1-3-10(12-9)11(15)13-4-6-16-7-5-13/h1-3,14H,4-8H2. The predicted molar refractivity (Wildman–Crippen MR) is 56.9 cm³/mol. The molecular formula is C11H14N2O3. The van der Waals surface area contributed by atoms with Crippen molar-refractivity contribution in [2.24, 2.45) is 0 Å². The normalized spacial score (nSPS) is 16.2. The van der Waals surface area contributed by atoms with Crippen LogP contribution in [0, 0.1) is 0 Å². The Morgan fingerprint density at radius 3 is 2.88 bits per heavy atom. The topological polar surface area (TPSA) is 62.7 Å². The first-order valence-corrected chi connectivity index (χ1v) is 5.25. The lowest BCUT2D eigenvalue weighted by molar-refractivity contribution is 0.0298. The molecule has 86 valence electrons. The maximum absolute atomic E-state index is 12.0. The highest BCUT2D eigenvalue weighted by molar-refractivity contribution is 5.92. The predicted octanol–water partition coefficient (Wildman–Crippen LogP) is 0.0463. The average molecular weight is 222 g/mol. The third-order valence-electron chi connectivity index (χ3n) is 2.49. The summed E-state index contributed by atoms with van der Waals surface area (Å²) in [6.45, 7) is 2.20. The van der Waals surface area contributed by atoms with E-state index in [-0.39, 0.29) is 12.5 Å². The van der Waals surface area contributed by atoms with Gasteiger partial charge in [-0.2, -0.15) is 0 Å². The minimum atomic E-state index is -0.149. The van der Waals surface area contributed by atoms with Crippen molar-refractivity contribution in [3.05, 3.63) is 29.6 Å². The Morgan fingerprint density at radius 1 is 1.44 bits per heavy atom. The molecule has 0 aromatic carbocycles. The second kappa shape index (κ2) is 5.05. The fourth-order valence-electron chi connectivity index (χ4n) is 1.62. The summed E-state index contributed by atoms with van der Waals surface area (Å²) in [4.78, 5) is 17.8. The number of morpholine rings is 1. The van der Waals surface area contributed by atoms with Crippen molar-refractivity contribution in [1.29, 1.82) is 0 Å². The van der Waals surface area contributed by atoms with E-state index in [0.29, 0.717) is 37.7 Å². The van der Waals surface area contributed by atoms with E-state index >= 15 is 0 Å². The van der Waals surface area contributed by atoms with Gasteiger partial charge in [-0.3, -0.25) is 4.79 Å². The SMILES string of the molecule is O=C(c1cccc(CO)n1)N1CCOCC1. The molecule has 0 bridgehead atoms. The monoisotopic (exact) mass is 222 g/mol. The number of aromatic nitrogens is 1. The van der Waals surface area contributed by atoms with Gasteiger partial charge in [0, 0.05) is 13.1 Å². The fraction of sp³-hybridized carbons (Fsp3) is 0.455. The van der Waals surface area contributed by atoms with E-state index in [1.807, 2.05) is 0 Å². The lowest BCUT2D eigenvalue weighted by atomic mass is 10.2. The molecular weight excluding hydrogens is 208 g/mol.